The Hall–Kier alpha value is -3.14. The molecule has 4 heteroatoms. The number of ether oxygens (including phenoxy) is 1. The molecule has 0 saturated carbocycles. The maximum Gasteiger partial charge on any atom is 0.310 e. The maximum atomic E-state index is 13.3. The lowest BCUT2D eigenvalue weighted by Gasteiger charge is -2.22. The first-order valence-corrected chi connectivity index (χ1v) is 9.25. The molecule has 2 aromatic carbocycles. The molecule has 4 rings (SSSR count). The predicted octanol–water partition coefficient (Wildman–Crippen LogP) is 4.99. The number of aromatic nitrogens is 1. The summed E-state index contributed by atoms with van der Waals surface area (Å²) in [6.07, 6.45) is 7.14. The van der Waals surface area contributed by atoms with Crippen LogP contribution in [0, 0.1) is 5.92 Å². The summed E-state index contributed by atoms with van der Waals surface area (Å²) in [4.78, 5) is 29.2. The van der Waals surface area contributed by atoms with Crippen LogP contribution in [-0.2, 0) is 9.53 Å². The van der Waals surface area contributed by atoms with E-state index in [2.05, 4.69) is 11.1 Å². The van der Waals surface area contributed by atoms with Gasteiger partial charge in [-0.2, -0.15) is 0 Å². The van der Waals surface area contributed by atoms with Crippen LogP contribution in [0.1, 0.15) is 41.3 Å². The molecular formula is C23H21NO3. The van der Waals surface area contributed by atoms with Gasteiger partial charge in [0, 0.05) is 28.2 Å². The van der Waals surface area contributed by atoms with Crippen LogP contribution >= 0.6 is 0 Å². The van der Waals surface area contributed by atoms with E-state index in [4.69, 9.17) is 4.74 Å². The third-order valence-electron chi connectivity index (χ3n) is 5.03. The number of H-pyrrole nitrogens is 1. The van der Waals surface area contributed by atoms with Crippen molar-refractivity contribution in [2.24, 2.45) is 5.92 Å². The number of aromatic amines is 1. The number of carbonyl (C=O) groups is 2. The number of ketones is 1. The molecule has 0 amide bonds. The number of fused-ring (bicyclic) bond motifs is 1. The van der Waals surface area contributed by atoms with E-state index < -0.39 is 6.10 Å². The van der Waals surface area contributed by atoms with Crippen molar-refractivity contribution in [2.75, 3.05) is 0 Å². The molecule has 1 aromatic heterocycles. The van der Waals surface area contributed by atoms with Crippen LogP contribution in [0.5, 0.6) is 0 Å². The second-order valence-electron chi connectivity index (χ2n) is 6.82. The normalized spacial score (nSPS) is 17.6. The topological polar surface area (TPSA) is 59.2 Å². The number of nitrogens with one attached hydrogen (secondary N) is 1. The first-order chi connectivity index (χ1) is 13.2. The van der Waals surface area contributed by atoms with Gasteiger partial charge >= 0.3 is 5.97 Å². The van der Waals surface area contributed by atoms with Crippen LogP contribution in [-0.4, -0.2) is 16.7 Å². The first-order valence-electron chi connectivity index (χ1n) is 9.25. The van der Waals surface area contributed by atoms with E-state index in [-0.39, 0.29) is 17.7 Å². The number of rotatable bonds is 5. The van der Waals surface area contributed by atoms with Crippen molar-refractivity contribution in [3.8, 4) is 0 Å². The fraction of sp³-hybridized carbons (Fsp3) is 0.217. The van der Waals surface area contributed by atoms with E-state index in [1.807, 2.05) is 60.7 Å². The summed E-state index contributed by atoms with van der Waals surface area (Å²) >= 11 is 0. The van der Waals surface area contributed by atoms with E-state index in [1.165, 1.54) is 0 Å². The standard InChI is InChI=1S/C23H21NO3/c25-21(19-15-24-20-14-8-7-13-18(19)20)22(16-9-3-1-4-10-16)27-23(26)17-11-5-2-6-12-17/h1-5,7-10,13-15,17,22,24H,6,11-12H2/t17-,22-/m0/s1. The molecule has 1 aliphatic rings. The highest BCUT2D eigenvalue weighted by Crippen LogP contribution is 2.29. The van der Waals surface area contributed by atoms with Crippen molar-refractivity contribution < 1.29 is 14.3 Å². The maximum absolute atomic E-state index is 13.3. The first kappa shape index (κ1) is 17.3. The van der Waals surface area contributed by atoms with Gasteiger partial charge in [0.25, 0.3) is 0 Å². The van der Waals surface area contributed by atoms with Gasteiger partial charge in [0.05, 0.1) is 5.92 Å². The average molecular weight is 359 g/mol. The third kappa shape index (κ3) is 3.56. The van der Waals surface area contributed by atoms with Crippen LogP contribution in [0.2, 0.25) is 0 Å². The molecule has 4 nitrogen and oxygen atoms in total. The van der Waals surface area contributed by atoms with Crippen molar-refractivity contribution >= 4 is 22.7 Å². The quantitative estimate of drug-likeness (QED) is 0.396. The van der Waals surface area contributed by atoms with Crippen molar-refractivity contribution in [2.45, 2.75) is 25.4 Å². The summed E-state index contributed by atoms with van der Waals surface area (Å²) in [5.74, 6) is -0.697. The second kappa shape index (κ2) is 7.62. The van der Waals surface area contributed by atoms with Crippen LogP contribution < -0.4 is 0 Å². The molecule has 27 heavy (non-hydrogen) atoms. The fourth-order valence-electron chi connectivity index (χ4n) is 3.54. The molecule has 3 aromatic rings. The van der Waals surface area contributed by atoms with Gasteiger partial charge < -0.3 is 9.72 Å². The minimum absolute atomic E-state index is 0.183. The third-order valence-corrected chi connectivity index (χ3v) is 5.03. The van der Waals surface area contributed by atoms with E-state index in [1.54, 1.807) is 6.20 Å². The number of hydrogen-bond acceptors (Lipinski definition) is 3. The molecule has 0 saturated heterocycles. The predicted molar refractivity (Wildman–Crippen MR) is 104 cm³/mol. The largest absolute Gasteiger partial charge is 0.449 e. The Bertz CT molecular complexity index is 987. The smallest absolute Gasteiger partial charge is 0.310 e. The molecule has 0 aliphatic heterocycles. The lowest BCUT2D eigenvalue weighted by molar-refractivity contribution is -0.152. The van der Waals surface area contributed by atoms with E-state index >= 15 is 0 Å². The summed E-state index contributed by atoms with van der Waals surface area (Å²) in [5.41, 5.74) is 2.11. The van der Waals surface area contributed by atoms with Crippen LogP contribution in [0.3, 0.4) is 0 Å². The fourth-order valence-corrected chi connectivity index (χ4v) is 3.54. The van der Waals surface area contributed by atoms with Gasteiger partial charge in [-0.05, 0) is 25.3 Å². The van der Waals surface area contributed by atoms with Gasteiger partial charge in [-0.3, -0.25) is 9.59 Å². The van der Waals surface area contributed by atoms with Gasteiger partial charge in [-0.1, -0.05) is 60.7 Å². The molecule has 0 bridgehead atoms. The van der Waals surface area contributed by atoms with Crippen molar-refractivity contribution in [1.82, 2.24) is 4.98 Å². The summed E-state index contributed by atoms with van der Waals surface area (Å²) in [7, 11) is 0. The molecule has 1 aliphatic carbocycles. The highest BCUT2D eigenvalue weighted by molar-refractivity contribution is 6.10. The molecule has 1 heterocycles. The second-order valence-corrected chi connectivity index (χ2v) is 6.82. The van der Waals surface area contributed by atoms with Gasteiger partial charge in [0.2, 0.25) is 5.78 Å². The molecule has 136 valence electrons. The number of benzene rings is 2. The molecule has 2 atom stereocenters. The number of para-hydroxylation sites is 1. The molecule has 0 radical (unpaired) electrons. The Balaban J connectivity index is 1.66. The lowest BCUT2D eigenvalue weighted by atomic mass is 9.94. The monoisotopic (exact) mass is 359 g/mol. The van der Waals surface area contributed by atoms with Gasteiger partial charge in [-0.25, -0.2) is 0 Å². The van der Waals surface area contributed by atoms with Crippen LogP contribution in [0.25, 0.3) is 10.9 Å². The number of esters is 1. The van der Waals surface area contributed by atoms with Crippen LogP contribution in [0.4, 0.5) is 0 Å². The lowest BCUT2D eigenvalue weighted by Crippen LogP contribution is -2.25. The van der Waals surface area contributed by atoms with Gasteiger partial charge in [0.15, 0.2) is 6.10 Å². The van der Waals surface area contributed by atoms with E-state index in [9.17, 15) is 9.59 Å². The minimum atomic E-state index is -0.941. The Kier molecular flexibility index (Phi) is 4.88. The zero-order valence-electron chi connectivity index (χ0n) is 14.9. The summed E-state index contributed by atoms with van der Waals surface area (Å²) in [6, 6.07) is 16.9. The molecule has 0 spiro atoms. The molecule has 0 fully saturated rings. The number of allylic oxidation sites excluding steroid dienone is 2. The Labute approximate surface area is 157 Å². The highest BCUT2D eigenvalue weighted by Gasteiger charge is 2.30. The SMILES string of the molecule is O=C(O[C@H](C(=O)c1c[nH]c2ccccc12)c1ccccc1)[C@H]1CC=CCC1. The van der Waals surface area contributed by atoms with Gasteiger partial charge in [0.1, 0.15) is 0 Å². The van der Waals surface area contributed by atoms with Crippen molar-refractivity contribution in [3.63, 3.8) is 0 Å². The van der Waals surface area contributed by atoms with Crippen LogP contribution in [0.15, 0.2) is 72.9 Å². The minimum Gasteiger partial charge on any atom is -0.449 e. The molecular weight excluding hydrogens is 338 g/mol. The Morgan fingerprint density at radius 3 is 2.56 bits per heavy atom. The Morgan fingerprint density at radius 2 is 1.78 bits per heavy atom. The number of hydrogen-bond donors (Lipinski definition) is 1. The number of carbonyl (C=O) groups excluding carboxylic acids is 2. The van der Waals surface area contributed by atoms with Gasteiger partial charge in [-0.15, -0.1) is 0 Å². The highest BCUT2D eigenvalue weighted by atomic mass is 16.5. The van der Waals surface area contributed by atoms with E-state index in [0.717, 1.165) is 23.7 Å². The average Bonchev–Trinajstić information content (AvgIpc) is 3.17. The van der Waals surface area contributed by atoms with E-state index in [0.29, 0.717) is 17.5 Å². The molecule has 0 unspecified atom stereocenters. The summed E-state index contributed by atoms with van der Waals surface area (Å²) < 4.78 is 5.77. The molecule has 1 N–H and O–H groups in total. The number of Topliss-reactive ketones (excluding diaryl/α,β-unsaturated/α-hetero) is 1. The summed E-state index contributed by atoms with van der Waals surface area (Å²) in [6.45, 7) is 0. The van der Waals surface area contributed by atoms with Crippen molar-refractivity contribution in [1.29, 1.82) is 0 Å². The van der Waals surface area contributed by atoms with Crippen molar-refractivity contribution in [3.05, 3.63) is 84.1 Å². The zero-order valence-corrected chi connectivity index (χ0v) is 14.9. The summed E-state index contributed by atoms with van der Waals surface area (Å²) in [5, 5.41) is 0.833. The Morgan fingerprint density at radius 1 is 1.00 bits per heavy atom. The zero-order chi connectivity index (χ0) is 18.6.